The van der Waals surface area contributed by atoms with Crippen LogP contribution < -0.4 is 10.9 Å². The van der Waals surface area contributed by atoms with Gasteiger partial charge in [-0.2, -0.15) is 5.10 Å². The Hall–Kier alpha value is -3.26. The molecule has 3 aromatic rings. The van der Waals surface area contributed by atoms with E-state index in [1.54, 1.807) is 41.7 Å². The zero-order chi connectivity index (χ0) is 19.9. The van der Waals surface area contributed by atoms with Gasteiger partial charge in [0.15, 0.2) is 0 Å². The Bertz CT molecular complexity index is 1010. The molecule has 0 saturated carbocycles. The summed E-state index contributed by atoms with van der Waals surface area (Å²) < 4.78 is 6.02. The minimum atomic E-state index is -0.430. The van der Waals surface area contributed by atoms with E-state index in [1.807, 2.05) is 17.5 Å². The molecule has 3 rings (SSSR count). The molecule has 0 unspecified atom stereocenters. The lowest BCUT2D eigenvalue weighted by atomic mass is 10.2. The first-order valence-corrected chi connectivity index (χ1v) is 9.55. The molecule has 7 nitrogen and oxygen atoms in total. The van der Waals surface area contributed by atoms with E-state index in [0.29, 0.717) is 24.2 Å². The molecular weight excluding hydrogens is 378 g/mol. The molecule has 144 valence electrons. The standard InChI is InChI=1S/C20H19N3O4S/c1-27-20(26)14-6-8-15(9-7-14)21-18(24)5-2-12-23-19(25)11-10-16(22-23)17-4-3-13-28-17/h3-4,6-11,13H,2,5,12H2,1H3,(H,21,24). The summed E-state index contributed by atoms with van der Waals surface area (Å²) in [6, 6.07) is 13.5. The van der Waals surface area contributed by atoms with Crippen LogP contribution in [0.1, 0.15) is 23.2 Å². The molecule has 0 radical (unpaired) electrons. The predicted molar refractivity (Wildman–Crippen MR) is 107 cm³/mol. The third-order valence-electron chi connectivity index (χ3n) is 4.00. The van der Waals surface area contributed by atoms with Crippen molar-refractivity contribution in [1.82, 2.24) is 9.78 Å². The lowest BCUT2D eigenvalue weighted by molar-refractivity contribution is -0.116. The molecular formula is C20H19N3O4S. The summed E-state index contributed by atoms with van der Waals surface area (Å²) in [4.78, 5) is 36.5. The van der Waals surface area contributed by atoms with Crippen LogP contribution in [0.4, 0.5) is 5.69 Å². The average Bonchev–Trinajstić information content (AvgIpc) is 3.24. The number of hydrogen-bond donors (Lipinski definition) is 1. The number of esters is 1. The van der Waals surface area contributed by atoms with E-state index >= 15 is 0 Å². The number of nitrogens with one attached hydrogen (secondary N) is 1. The van der Waals surface area contributed by atoms with E-state index in [-0.39, 0.29) is 17.9 Å². The third kappa shape index (κ3) is 4.92. The molecule has 0 atom stereocenters. The third-order valence-corrected chi connectivity index (χ3v) is 4.90. The van der Waals surface area contributed by atoms with Crippen molar-refractivity contribution in [2.75, 3.05) is 12.4 Å². The second-order valence-electron chi connectivity index (χ2n) is 5.98. The fourth-order valence-corrected chi connectivity index (χ4v) is 3.28. The second-order valence-corrected chi connectivity index (χ2v) is 6.93. The number of carbonyl (C=O) groups is 2. The van der Waals surface area contributed by atoms with Crippen LogP contribution in [0, 0.1) is 0 Å². The van der Waals surface area contributed by atoms with Crippen molar-refractivity contribution in [3.63, 3.8) is 0 Å². The summed E-state index contributed by atoms with van der Waals surface area (Å²) >= 11 is 1.55. The molecule has 2 aromatic heterocycles. The number of benzene rings is 1. The van der Waals surface area contributed by atoms with Gasteiger partial charge in [-0.25, -0.2) is 9.48 Å². The maximum Gasteiger partial charge on any atom is 0.337 e. The van der Waals surface area contributed by atoms with Crippen LogP contribution in [0.25, 0.3) is 10.6 Å². The van der Waals surface area contributed by atoms with Crippen molar-refractivity contribution in [3.8, 4) is 10.6 Å². The molecule has 0 aliphatic rings. The van der Waals surface area contributed by atoms with Crippen LogP contribution >= 0.6 is 11.3 Å². The van der Waals surface area contributed by atoms with Crippen molar-refractivity contribution in [2.45, 2.75) is 19.4 Å². The highest BCUT2D eigenvalue weighted by Crippen LogP contribution is 2.21. The zero-order valence-electron chi connectivity index (χ0n) is 15.3. The molecule has 1 aromatic carbocycles. The number of thiophene rings is 1. The summed E-state index contributed by atoms with van der Waals surface area (Å²) in [6.45, 7) is 0.354. The number of aryl methyl sites for hydroxylation is 1. The Balaban J connectivity index is 1.53. The van der Waals surface area contributed by atoms with Gasteiger partial charge in [0.1, 0.15) is 5.69 Å². The van der Waals surface area contributed by atoms with Gasteiger partial charge in [0.25, 0.3) is 5.56 Å². The lowest BCUT2D eigenvalue weighted by Gasteiger charge is -2.08. The number of nitrogens with zero attached hydrogens (tertiary/aromatic N) is 2. The maximum absolute atomic E-state index is 12.1. The van der Waals surface area contributed by atoms with Gasteiger partial charge in [-0.3, -0.25) is 9.59 Å². The Morgan fingerprint density at radius 3 is 2.61 bits per heavy atom. The number of ether oxygens (including phenoxy) is 1. The largest absolute Gasteiger partial charge is 0.465 e. The first kappa shape index (κ1) is 19.5. The van der Waals surface area contributed by atoms with Crippen molar-refractivity contribution < 1.29 is 14.3 Å². The topological polar surface area (TPSA) is 90.3 Å². The van der Waals surface area contributed by atoms with E-state index < -0.39 is 5.97 Å². The van der Waals surface area contributed by atoms with Gasteiger partial charge in [0, 0.05) is 24.7 Å². The number of anilines is 1. The van der Waals surface area contributed by atoms with Gasteiger partial charge in [0.05, 0.1) is 17.6 Å². The Morgan fingerprint density at radius 2 is 1.93 bits per heavy atom. The number of aromatic nitrogens is 2. The summed E-state index contributed by atoms with van der Waals surface area (Å²) in [5, 5.41) is 9.09. The van der Waals surface area contributed by atoms with Gasteiger partial charge in [-0.15, -0.1) is 11.3 Å². The molecule has 0 aliphatic carbocycles. The van der Waals surface area contributed by atoms with Gasteiger partial charge < -0.3 is 10.1 Å². The van der Waals surface area contributed by atoms with Crippen molar-refractivity contribution in [1.29, 1.82) is 0 Å². The maximum atomic E-state index is 12.1. The number of hydrogen-bond acceptors (Lipinski definition) is 6. The molecule has 8 heteroatoms. The number of carbonyl (C=O) groups excluding carboxylic acids is 2. The number of rotatable bonds is 7. The Morgan fingerprint density at radius 1 is 1.14 bits per heavy atom. The minimum Gasteiger partial charge on any atom is -0.465 e. The van der Waals surface area contributed by atoms with Crippen LogP contribution in [-0.4, -0.2) is 28.8 Å². The van der Waals surface area contributed by atoms with Crippen LogP contribution in [-0.2, 0) is 16.1 Å². The highest BCUT2D eigenvalue weighted by molar-refractivity contribution is 7.13. The summed E-state index contributed by atoms with van der Waals surface area (Å²) in [6.07, 6.45) is 0.725. The molecule has 28 heavy (non-hydrogen) atoms. The van der Waals surface area contributed by atoms with Crippen LogP contribution in [0.2, 0.25) is 0 Å². The van der Waals surface area contributed by atoms with Gasteiger partial charge in [-0.1, -0.05) is 6.07 Å². The predicted octanol–water partition coefficient (Wildman–Crippen LogP) is 3.18. The summed E-state index contributed by atoms with van der Waals surface area (Å²) in [5.41, 5.74) is 1.55. The fraction of sp³-hybridized carbons (Fsp3) is 0.200. The van der Waals surface area contributed by atoms with E-state index in [9.17, 15) is 14.4 Å². The summed E-state index contributed by atoms with van der Waals surface area (Å²) in [5.74, 6) is -0.603. The molecule has 1 amide bonds. The van der Waals surface area contributed by atoms with Gasteiger partial charge in [0.2, 0.25) is 5.91 Å². The van der Waals surface area contributed by atoms with E-state index in [4.69, 9.17) is 0 Å². The van der Waals surface area contributed by atoms with E-state index in [1.165, 1.54) is 17.9 Å². The molecule has 0 aliphatic heterocycles. The number of amides is 1. The highest BCUT2D eigenvalue weighted by atomic mass is 32.1. The Kier molecular flexibility index (Phi) is 6.33. The normalized spacial score (nSPS) is 10.5. The minimum absolute atomic E-state index is 0.173. The molecule has 0 fully saturated rings. The van der Waals surface area contributed by atoms with Crippen molar-refractivity contribution in [2.24, 2.45) is 0 Å². The second kappa shape index (κ2) is 9.09. The Labute approximate surface area is 165 Å². The van der Waals surface area contributed by atoms with Crippen molar-refractivity contribution >= 4 is 28.9 Å². The molecule has 0 saturated heterocycles. The van der Waals surface area contributed by atoms with Crippen LogP contribution in [0.3, 0.4) is 0 Å². The van der Waals surface area contributed by atoms with Gasteiger partial charge >= 0.3 is 5.97 Å². The highest BCUT2D eigenvalue weighted by Gasteiger charge is 2.08. The smallest absolute Gasteiger partial charge is 0.337 e. The first-order chi connectivity index (χ1) is 13.6. The van der Waals surface area contributed by atoms with Crippen LogP contribution in [0.15, 0.2) is 58.7 Å². The SMILES string of the molecule is COC(=O)c1ccc(NC(=O)CCCn2nc(-c3cccs3)ccc2=O)cc1. The number of methoxy groups -OCH3 is 1. The lowest BCUT2D eigenvalue weighted by Crippen LogP contribution is -2.23. The summed E-state index contributed by atoms with van der Waals surface area (Å²) in [7, 11) is 1.31. The van der Waals surface area contributed by atoms with Gasteiger partial charge in [-0.05, 0) is 48.2 Å². The quantitative estimate of drug-likeness (QED) is 0.619. The van der Waals surface area contributed by atoms with Crippen LogP contribution in [0.5, 0.6) is 0 Å². The first-order valence-electron chi connectivity index (χ1n) is 8.67. The average molecular weight is 397 g/mol. The van der Waals surface area contributed by atoms with E-state index in [2.05, 4.69) is 15.2 Å². The zero-order valence-corrected chi connectivity index (χ0v) is 16.1. The molecule has 0 spiro atoms. The molecule has 1 N–H and O–H groups in total. The molecule has 2 heterocycles. The van der Waals surface area contributed by atoms with E-state index in [0.717, 1.165) is 10.6 Å². The molecule has 0 bridgehead atoms. The fourth-order valence-electron chi connectivity index (χ4n) is 2.59. The van der Waals surface area contributed by atoms with Crippen molar-refractivity contribution in [3.05, 3.63) is 69.8 Å². The monoisotopic (exact) mass is 397 g/mol.